The molecule has 3 rings (SSSR count). The first-order valence-electron chi connectivity index (χ1n) is 6.67. The lowest BCUT2D eigenvalue weighted by atomic mass is 10.0. The fraction of sp³-hybridized carbons (Fsp3) is 0.0625. The molecule has 122 valence electrons. The van der Waals surface area contributed by atoms with Crippen LogP contribution >= 0.6 is 0 Å². The van der Waals surface area contributed by atoms with Crippen molar-refractivity contribution < 1.29 is 22.5 Å². The van der Waals surface area contributed by atoms with E-state index in [1.807, 2.05) is 0 Å². The average Bonchev–Trinajstić information content (AvgIpc) is 2.53. The smallest absolute Gasteiger partial charge is 0.417 e. The van der Waals surface area contributed by atoms with E-state index in [0.29, 0.717) is 0 Å². The Bertz CT molecular complexity index is 1010. The fourth-order valence-electron chi connectivity index (χ4n) is 2.38. The van der Waals surface area contributed by atoms with Crippen LogP contribution in [0, 0.1) is 10.1 Å². The Labute approximate surface area is 132 Å². The molecule has 3 aromatic rings. The molecule has 0 aliphatic rings. The van der Waals surface area contributed by atoms with Gasteiger partial charge in [-0.1, -0.05) is 24.3 Å². The molecule has 0 fully saturated rings. The minimum absolute atomic E-state index is 0.0718. The zero-order chi connectivity index (χ0) is 17.5. The molecule has 0 unspecified atom stereocenters. The van der Waals surface area contributed by atoms with Crippen LogP contribution in [0.25, 0.3) is 22.3 Å². The van der Waals surface area contributed by atoms with E-state index in [1.165, 1.54) is 24.3 Å². The molecule has 0 N–H and O–H groups in total. The number of nitro groups is 1. The quantitative estimate of drug-likeness (QED) is 0.514. The molecule has 8 heteroatoms. The Hall–Kier alpha value is -3.16. The monoisotopic (exact) mass is 335 g/mol. The molecule has 0 amide bonds. The zero-order valence-corrected chi connectivity index (χ0v) is 11.8. The van der Waals surface area contributed by atoms with Gasteiger partial charge in [-0.15, -0.1) is 0 Å². The molecule has 0 aliphatic carbocycles. The van der Waals surface area contributed by atoms with Crippen LogP contribution < -0.4 is 5.43 Å². The van der Waals surface area contributed by atoms with E-state index >= 15 is 0 Å². The highest BCUT2D eigenvalue weighted by molar-refractivity contribution is 5.86. The number of para-hydroxylation sites is 1. The average molecular weight is 335 g/mol. The lowest BCUT2D eigenvalue weighted by molar-refractivity contribution is -0.383. The number of nitrogens with zero attached hydrogens (tertiary/aromatic N) is 1. The van der Waals surface area contributed by atoms with E-state index in [1.54, 1.807) is 0 Å². The summed E-state index contributed by atoms with van der Waals surface area (Å²) in [5, 5.41) is 11.0. The molecular weight excluding hydrogens is 327 g/mol. The molecule has 24 heavy (non-hydrogen) atoms. The number of halogens is 3. The summed E-state index contributed by atoms with van der Waals surface area (Å²) in [6.07, 6.45) is -4.66. The molecule has 0 atom stereocenters. The van der Waals surface area contributed by atoms with Crippen molar-refractivity contribution in [2.75, 3.05) is 0 Å². The Morgan fingerprint density at radius 1 is 1.04 bits per heavy atom. The molecule has 0 aliphatic heterocycles. The maximum atomic E-state index is 13.1. The number of nitro benzene ring substituents is 1. The number of hydrogen-bond acceptors (Lipinski definition) is 4. The van der Waals surface area contributed by atoms with E-state index in [9.17, 15) is 28.1 Å². The van der Waals surface area contributed by atoms with Crippen molar-refractivity contribution in [1.29, 1.82) is 0 Å². The van der Waals surface area contributed by atoms with E-state index in [0.717, 1.165) is 24.3 Å². The predicted octanol–water partition coefficient (Wildman–Crippen LogP) is 4.39. The van der Waals surface area contributed by atoms with E-state index < -0.39 is 27.8 Å². The van der Waals surface area contributed by atoms with Crippen LogP contribution in [-0.2, 0) is 6.18 Å². The molecule has 2 aromatic carbocycles. The third-order valence-corrected chi connectivity index (χ3v) is 3.43. The Morgan fingerprint density at radius 3 is 2.42 bits per heavy atom. The van der Waals surface area contributed by atoms with Crippen molar-refractivity contribution in [2.45, 2.75) is 6.18 Å². The summed E-state index contributed by atoms with van der Waals surface area (Å²) in [4.78, 5) is 22.4. The Balaban J connectivity index is 2.36. The van der Waals surface area contributed by atoms with Gasteiger partial charge in [-0.05, 0) is 12.1 Å². The van der Waals surface area contributed by atoms with Gasteiger partial charge in [0.15, 0.2) is 5.43 Å². The highest BCUT2D eigenvalue weighted by Gasteiger charge is 2.34. The van der Waals surface area contributed by atoms with Crippen LogP contribution in [0.15, 0.2) is 57.7 Å². The summed E-state index contributed by atoms with van der Waals surface area (Å²) >= 11 is 0. The summed E-state index contributed by atoms with van der Waals surface area (Å²) in [7, 11) is 0. The molecule has 0 spiro atoms. The molecule has 0 radical (unpaired) electrons. The SMILES string of the molecule is O=c1cc(-c2ccccc2C(F)(F)F)oc2c([N+](=O)[O-])cccc12. The van der Waals surface area contributed by atoms with Crippen LogP contribution in [0.1, 0.15) is 5.56 Å². The number of non-ortho nitro benzene ring substituents is 1. The van der Waals surface area contributed by atoms with Crippen LogP contribution in [-0.4, -0.2) is 4.92 Å². The number of hydrogen-bond donors (Lipinski definition) is 0. The molecular formula is C16H8F3NO4. The summed E-state index contributed by atoms with van der Waals surface area (Å²) in [6.45, 7) is 0. The highest BCUT2D eigenvalue weighted by Crippen LogP contribution is 2.37. The molecule has 1 aromatic heterocycles. The second-order valence-electron chi connectivity index (χ2n) is 4.93. The summed E-state index contributed by atoms with van der Waals surface area (Å²) in [5.41, 5.74) is -2.86. The highest BCUT2D eigenvalue weighted by atomic mass is 19.4. The lowest BCUT2D eigenvalue weighted by Gasteiger charge is -2.12. The van der Waals surface area contributed by atoms with Gasteiger partial charge >= 0.3 is 11.9 Å². The predicted molar refractivity (Wildman–Crippen MR) is 79.6 cm³/mol. The Kier molecular flexibility index (Phi) is 3.59. The van der Waals surface area contributed by atoms with Crippen LogP contribution in [0.5, 0.6) is 0 Å². The van der Waals surface area contributed by atoms with Crippen LogP contribution in [0.3, 0.4) is 0 Å². The second kappa shape index (κ2) is 5.48. The van der Waals surface area contributed by atoms with Gasteiger partial charge in [-0.2, -0.15) is 13.2 Å². The zero-order valence-electron chi connectivity index (χ0n) is 11.8. The van der Waals surface area contributed by atoms with Crippen molar-refractivity contribution in [3.05, 3.63) is 74.4 Å². The maximum Gasteiger partial charge on any atom is 0.417 e. The minimum atomic E-state index is -4.66. The maximum absolute atomic E-state index is 13.1. The van der Waals surface area contributed by atoms with Crippen LogP contribution in [0.4, 0.5) is 18.9 Å². The molecule has 1 heterocycles. The van der Waals surface area contributed by atoms with Crippen LogP contribution in [0.2, 0.25) is 0 Å². The van der Waals surface area contributed by atoms with Gasteiger partial charge in [0.25, 0.3) is 0 Å². The van der Waals surface area contributed by atoms with E-state index in [-0.39, 0.29) is 22.3 Å². The third kappa shape index (κ3) is 2.62. The topological polar surface area (TPSA) is 73.3 Å². The van der Waals surface area contributed by atoms with E-state index in [2.05, 4.69) is 0 Å². The first kappa shape index (κ1) is 15.7. The summed E-state index contributed by atoms with van der Waals surface area (Å²) in [6, 6.07) is 9.18. The van der Waals surface area contributed by atoms with Crippen molar-refractivity contribution in [2.24, 2.45) is 0 Å². The first-order chi connectivity index (χ1) is 11.3. The third-order valence-electron chi connectivity index (χ3n) is 3.43. The lowest BCUT2D eigenvalue weighted by Crippen LogP contribution is -2.08. The van der Waals surface area contributed by atoms with Gasteiger partial charge in [-0.25, -0.2) is 0 Å². The summed E-state index contributed by atoms with van der Waals surface area (Å²) in [5.74, 6) is -0.380. The number of fused-ring (bicyclic) bond motifs is 1. The second-order valence-corrected chi connectivity index (χ2v) is 4.93. The van der Waals surface area contributed by atoms with Gasteiger partial charge in [-0.3, -0.25) is 14.9 Å². The molecule has 0 bridgehead atoms. The number of alkyl halides is 3. The molecule has 5 nitrogen and oxygen atoms in total. The Morgan fingerprint density at radius 2 is 1.75 bits per heavy atom. The summed E-state index contributed by atoms with van der Waals surface area (Å²) < 4.78 is 44.7. The van der Waals surface area contributed by atoms with Crippen molar-refractivity contribution in [1.82, 2.24) is 0 Å². The molecule has 0 saturated carbocycles. The number of rotatable bonds is 2. The van der Waals surface area contributed by atoms with Gasteiger partial charge < -0.3 is 4.42 Å². The fourth-order valence-corrected chi connectivity index (χ4v) is 2.38. The number of benzene rings is 2. The van der Waals surface area contributed by atoms with Crippen molar-refractivity contribution >= 4 is 16.7 Å². The van der Waals surface area contributed by atoms with Crippen molar-refractivity contribution in [3.63, 3.8) is 0 Å². The van der Waals surface area contributed by atoms with E-state index in [4.69, 9.17) is 4.42 Å². The standard InChI is InChI=1S/C16H8F3NO4/c17-16(18,19)11-6-2-1-4-9(11)14-8-13(21)10-5-3-7-12(20(22)23)15(10)24-14/h1-8H. The first-order valence-corrected chi connectivity index (χ1v) is 6.67. The minimum Gasteiger partial charge on any atom is -0.449 e. The van der Waals surface area contributed by atoms with Gasteiger partial charge in [0.1, 0.15) is 5.76 Å². The van der Waals surface area contributed by atoms with Gasteiger partial charge in [0, 0.05) is 17.7 Å². The normalized spacial score (nSPS) is 11.6. The molecule has 0 saturated heterocycles. The van der Waals surface area contributed by atoms with Gasteiger partial charge in [0.2, 0.25) is 5.58 Å². The van der Waals surface area contributed by atoms with Gasteiger partial charge in [0.05, 0.1) is 15.9 Å². The largest absolute Gasteiger partial charge is 0.449 e. The van der Waals surface area contributed by atoms with Crippen molar-refractivity contribution in [3.8, 4) is 11.3 Å².